The zero-order valence-electron chi connectivity index (χ0n) is 14.3. The average Bonchev–Trinajstić information content (AvgIpc) is 3.15. The molecule has 0 unspecified atom stereocenters. The van der Waals surface area contributed by atoms with Crippen molar-refractivity contribution < 1.29 is 19.1 Å². The summed E-state index contributed by atoms with van der Waals surface area (Å²) < 4.78 is 13.1. The van der Waals surface area contributed by atoms with Gasteiger partial charge < -0.3 is 15.3 Å². The van der Waals surface area contributed by atoms with Gasteiger partial charge in [0.15, 0.2) is 0 Å². The van der Waals surface area contributed by atoms with Crippen LogP contribution in [-0.2, 0) is 16.0 Å². The number of benzene rings is 1. The van der Waals surface area contributed by atoms with Gasteiger partial charge in [-0.25, -0.2) is 4.39 Å². The Hall–Kier alpha value is -1.95. The van der Waals surface area contributed by atoms with Gasteiger partial charge in [0, 0.05) is 24.9 Å². The van der Waals surface area contributed by atoms with E-state index in [0.29, 0.717) is 32.4 Å². The molecule has 2 fully saturated rings. The molecular formula is C19H25FN2O3. The first-order valence-electron chi connectivity index (χ1n) is 8.95. The molecule has 0 radical (unpaired) electrons. The number of nitrogens with zero attached hydrogens (tertiary/aromatic N) is 1. The summed E-state index contributed by atoms with van der Waals surface area (Å²) in [6, 6.07) is 6.30. The lowest BCUT2D eigenvalue weighted by molar-refractivity contribution is -0.133. The second-order valence-corrected chi connectivity index (χ2v) is 7.27. The van der Waals surface area contributed by atoms with E-state index in [1.54, 1.807) is 17.0 Å². The minimum atomic E-state index is -0.494. The predicted molar refractivity (Wildman–Crippen MR) is 91.2 cm³/mol. The minimum absolute atomic E-state index is 0.0251. The number of aliphatic hydroxyl groups excluding tert-OH is 1. The molecule has 1 aliphatic carbocycles. The first-order chi connectivity index (χ1) is 12.0. The van der Waals surface area contributed by atoms with Crippen molar-refractivity contribution in [3.8, 4) is 0 Å². The van der Waals surface area contributed by atoms with Gasteiger partial charge >= 0.3 is 0 Å². The maximum Gasteiger partial charge on any atom is 0.239 e. The fourth-order valence-corrected chi connectivity index (χ4v) is 3.98. The second-order valence-electron chi connectivity index (χ2n) is 7.27. The van der Waals surface area contributed by atoms with E-state index in [2.05, 4.69) is 5.32 Å². The lowest BCUT2D eigenvalue weighted by Crippen LogP contribution is -2.46. The van der Waals surface area contributed by atoms with Crippen LogP contribution in [0, 0.1) is 11.2 Å². The Balaban J connectivity index is 1.61. The highest BCUT2D eigenvalue weighted by molar-refractivity contribution is 5.85. The molecule has 3 rings (SSSR count). The minimum Gasteiger partial charge on any atom is -0.392 e. The number of hydrogen-bond acceptors (Lipinski definition) is 3. The van der Waals surface area contributed by atoms with E-state index in [0.717, 1.165) is 24.8 Å². The van der Waals surface area contributed by atoms with E-state index in [-0.39, 0.29) is 24.2 Å². The van der Waals surface area contributed by atoms with Crippen molar-refractivity contribution in [2.45, 2.75) is 44.6 Å². The smallest absolute Gasteiger partial charge is 0.239 e. The molecule has 1 aromatic rings. The first kappa shape index (κ1) is 17.9. The normalized spacial score (nSPS) is 26.2. The van der Waals surface area contributed by atoms with Gasteiger partial charge in [-0.05, 0) is 43.4 Å². The molecular weight excluding hydrogens is 323 g/mol. The van der Waals surface area contributed by atoms with Crippen LogP contribution < -0.4 is 5.32 Å². The van der Waals surface area contributed by atoms with E-state index in [1.807, 2.05) is 0 Å². The van der Waals surface area contributed by atoms with Crippen LogP contribution in [0.15, 0.2) is 24.3 Å². The van der Waals surface area contributed by atoms with Gasteiger partial charge in [0.25, 0.3) is 0 Å². The molecule has 1 aliphatic heterocycles. The summed E-state index contributed by atoms with van der Waals surface area (Å²) in [5.41, 5.74) is 0.522. The van der Waals surface area contributed by atoms with Gasteiger partial charge in [-0.2, -0.15) is 0 Å². The Kier molecular flexibility index (Phi) is 5.37. The van der Waals surface area contributed by atoms with Crippen molar-refractivity contribution >= 4 is 11.8 Å². The number of halogens is 1. The van der Waals surface area contributed by atoms with Crippen LogP contribution in [0.5, 0.6) is 0 Å². The Morgan fingerprint density at radius 3 is 2.68 bits per heavy atom. The van der Waals surface area contributed by atoms with E-state index in [9.17, 15) is 19.1 Å². The van der Waals surface area contributed by atoms with Gasteiger partial charge in [-0.15, -0.1) is 0 Å². The maximum absolute atomic E-state index is 13.1. The van der Waals surface area contributed by atoms with E-state index >= 15 is 0 Å². The molecule has 0 spiro atoms. The molecule has 0 aromatic heterocycles. The highest BCUT2D eigenvalue weighted by Crippen LogP contribution is 2.40. The van der Waals surface area contributed by atoms with Gasteiger partial charge in [0.1, 0.15) is 5.82 Å². The van der Waals surface area contributed by atoms with Gasteiger partial charge in [0.2, 0.25) is 11.8 Å². The Morgan fingerprint density at radius 1 is 1.32 bits per heavy atom. The van der Waals surface area contributed by atoms with Crippen LogP contribution in [-0.4, -0.2) is 47.6 Å². The third-order valence-electron chi connectivity index (χ3n) is 5.47. The molecule has 2 aliphatic rings. The summed E-state index contributed by atoms with van der Waals surface area (Å²) >= 11 is 0. The van der Waals surface area contributed by atoms with E-state index in [4.69, 9.17) is 0 Å². The highest BCUT2D eigenvalue weighted by atomic mass is 19.1. The fourth-order valence-electron chi connectivity index (χ4n) is 3.98. The largest absolute Gasteiger partial charge is 0.392 e. The summed E-state index contributed by atoms with van der Waals surface area (Å²) in [6.07, 6.45) is 3.85. The number of hydrogen-bond donors (Lipinski definition) is 2. The number of amides is 2. The van der Waals surface area contributed by atoms with Gasteiger partial charge in [0.05, 0.1) is 12.6 Å². The molecule has 2 N–H and O–H groups in total. The Labute approximate surface area is 147 Å². The van der Waals surface area contributed by atoms with Gasteiger partial charge in [-0.3, -0.25) is 9.59 Å². The summed E-state index contributed by atoms with van der Waals surface area (Å²) in [5.74, 6) is -0.446. The molecule has 25 heavy (non-hydrogen) atoms. The molecule has 2 amide bonds. The van der Waals surface area contributed by atoms with Crippen LogP contribution in [0.4, 0.5) is 4.39 Å². The lowest BCUT2D eigenvalue weighted by atomic mass is 9.78. The topological polar surface area (TPSA) is 69.6 Å². The predicted octanol–water partition coefficient (Wildman–Crippen LogP) is 1.64. The quantitative estimate of drug-likeness (QED) is 0.821. The molecule has 6 heteroatoms. The van der Waals surface area contributed by atoms with Gasteiger partial charge in [-0.1, -0.05) is 18.6 Å². The monoisotopic (exact) mass is 348 g/mol. The number of aliphatic hydroxyl groups is 1. The van der Waals surface area contributed by atoms with E-state index < -0.39 is 11.5 Å². The standard InChI is InChI=1S/C19H25FN2O3/c20-15-7-5-14(6-8-15)11-19(9-1-3-16(19)23)13-21-17(24)12-22-10-2-4-18(22)25/h5-8,16,23H,1-4,9-13H2,(H,21,24)/t16-,19+/m1/s1. The van der Waals surface area contributed by atoms with Crippen molar-refractivity contribution in [3.63, 3.8) is 0 Å². The summed E-state index contributed by atoms with van der Waals surface area (Å²) in [6.45, 7) is 1.09. The van der Waals surface area contributed by atoms with Crippen LogP contribution in [0.2, 0.25) is 0 Å². The lowest BCUT2D eigenvalue weighted by Gasteiger charge is -2.33. The fraction of sp³-hybridized carbons (Fsp3) is 0.579. The number of carbonyl (C=O) groups excluding carboxylic acids is 2. The Morgan fingerprint density at radius 2 is 2.08 bits per heavy atom. The molecule has 1 aromatic carbocycles. The van der Waals surface area contributed by atoms with Crippen molar-refractivity contribution in [1.29, 1.82) is 0 Å². The van der Waals surface area contributed by atoms with Crippen molar-refractivity contribution in [2.24, 2.45) is 5.41 Å². The van der Waals surface area contributed by atoms with E-state index in [1.165, 1.54) is 12.1 Å². The first-order valence-corrected chi connectivity index (χ1v) is 8.95. The zero-order chi connectivity index (χ0) is 17.9. The van der Waals surface area contributed by atoms with Crippen LogP contribution in [0.3, 0.4) is 0 Å². The van der Waals surface area contributed by atoms with Crippen molar-refractivity contribution in [2.75, 3.05) is 19.6 Å². The number of nitrogens with one attached hydrogen (secondary N) is 1. The molecule has 2 atom stereocenters. The summed E-state index contributed by atoms with van der Waals surface area (Å²) in [4.78, 5) is 25.4. The van der Waals surface area contributed by atoms with Crippen molar-refractivity contribution in [3.05, 3.63) is 35.6 Å². The third kappa shape index (κ3) is 4.18. The van der Waals surface area contributed by atoms with Crippen LogP contribution >= 0.6 is 0 Å². The molecule has 0 bridgehead atoms. The highest BCUT2D eigenvalue weighted by Gasteiger charge is 2.42. The molecule has 136 valence electrons. The summed E-state index contributed by atoms with van der Waals surface area (Å²) in [7, 11) is 0. The zero-order valence-corrected chi connectivity index (χ0v) is 14.3. The number of rotatable bonds is 6. The van der Waals surface area contributed by atoms with Crippen LogP contribution in [0.1, 0.15) is 37.7 Å². The summed E-state index contributed by atoms with van der Waals surface area (Å²) in [5, 5.41) is 13.4. The third-order valence-corrected chi connectivity index (χ3v) is 5.47. The average molecular weight is 348 g/mol. The maximum atomic E-state index is 13.1. The molecule has 5 nitrogen and oxygen atoms in total. The van der Waals surface area contributed by atoms with Crippen LogP contribution in [0.25, 0.3) is 0 Å². The van der Waals surface area contributed by atoms with Crippen molar-refractivity contribution in [1.82, 2.24) is 10.2 Å². The SMILES string of the molecule is O=C(CN1CCCC1=O)NC[C@@]1(Cc2ccc(F)cc2)CCC[C@H]1O. The number of carbonyl (C=O) groups is 2. The second kappa shape index (κ2) is 7.52. The molecule has 1 heterocycles. The molecule has 1 saturated carbocycles. The number of likely N-dealkylation sites (tertiary alicyclic amines) is 1. The molecule has 1 saturated heterocycles. The Bertz CT molecular complexity index is 634.